The Labute approximate surface area is 438 Å². The Hall–Kier alpha value is -2.23. The topological polar surface area (TPSA) is 258 Å². The molecule has 0 spiro atoms. The van der Waals surface area contributed by atoms with Crippen molar-refractivity contribution < 1.29 is 119 Å². The van der Waals surface area contributed by atoms with Crippen molar-refractivity contribution in [2.45, 2.75) is 19.3 Å². The maximum atomic E-state index is 11.7. The standard InChI is InChI=1S/C48H91NO25/c1-53-6-7-55-10-11-57-14-15-59-18-19-61-22-23-63-26-27-65-30-31-67-34-35-69-38-39-71-42-43-73-45-44-72-41-40-70-37-36-68-33-32-66-29-28-64-25-24-62-21-20-60-17-16-58-13-12-56-9-8-54-5-4-48(52)74-49-46(50)2-3-47(49)51/h2-45H2,1H3. The van der Waals surface area contributed by atoms with Crippen LogP contribution in [0.1, 0.15) is 19.3 Å². The zero-order chi connectivity index (χ0) is 53.0. The molecule has 0 aromatic carbocycles. The van der Waals surface area contributed by atoms with E-state index in [9.17, 15) is 14.4 Å². The molecule has 26 nitrogen and oxygen atoms in total. The molecule has 0 bridgehead atoms. The van der Waals surface area contributed by atoms with E-state index in [-0.39, 0.29) is 32.5 Å². The molecule has 0 atom stereocenters. The van der Waals surface area contributed by atoms with Crippen molar-refractivity contribution in [3.05, 3.63) is 0 Å². The number of hydrogen-bond donors (Lipinski definition) is 0. The van der Waals surface area contributed by atoms with Crippen molar-refractivity contribution >= 4 is 17.8 Å². The van der Waals surface area contributed by atoms with Crippen LogP contribution in [0, 0.1) is 0 Å². The molecule has 1 rings (SSSR count). The predicted molar refractivity (Wildman–Crippen MR) is 260 cm³/mol. The average Bonchev–Trinajstić information content (AvgIpc) is 3.72. The molecule has 26 heteroatoms. The van der Waals surface area contributed by atoms with E-state index in [1.165, 1.54) is 0 Å². The van der Waals surface area contributed by atoms with Gasteiger partial charge in [0.1, 0.15) is 0 Å². The highest BCUT2D eigenvalue weighted by atomic mass is 16.7. The Morgan fingerprint density at radius 3 is 0.581 bits per heavy atom. The fourth-order valence-electron chi connectivity index (χ4n) is 5.38. The summed E-state index contributed by atoms with van der Waals surface area (Å²) in [4.78, 5) is 39.3. The van der Waals surface area contributed by atoms with Gasteiger partial charge in [0, 0.05) is 20.0 Å². The summed E-state index contributed by atoms with van der Waals surface area (Å²) < 4.78 is 114. The molecule has 0 radical (unpaired) electrons. The molecule has 1 fully saturated rings. The summed E-state index contributed by atoms with van der Waals surface area (Å²) in [6.45, 7) is 19.1. The lowest BCUT2D eigenvalue weighted by atomic mass is 10.4. The van der Waals surface area contributed by atoms with E-state index in [1.54, 1.807) is 7.11 Å². The summed E-state index contributed by atoms with van der Waals surface area (Å²) in [5, 5.41) is 0.517. The van der Waals surface area contributed by atoms with Gasteiger partial charge >= 0.3 is 5.97 Å². The first kappa shape index (κ1) is 69.8. The summed E-state index contributed by atoms with van der Waals surface area (Å²) in [7, 11) is 1.64. The van der Waals surface area contributed by atoms with E-state index in [0.717, 1.165) is 0 Å². The maximum Gasteiger partial charge on any atom is 0.335 e. The molecule has 2 amide bonds. The molecule has 0 unspecified atom stereocenters. The zero-order valence-corrected chi connectivity index (χ0v) is 44.3. The Balaban J connectivity index is 1.60. The van der Waals surface area contributed by atoms with Gasteiger partial charge < -0.3 is 104 Å². The van der Waals surface area contributed by atoms with Gasteiger partial charge in [0.15, 0.2) is 0 Å². The van der Waals surface area contributed by atoms with Crippen LogP contribution in [0.4, 0.5) is 0 Å². The first-order chi connectivity index (χ1) is 36.6. The van der Waals surface area contributed by atoms with Gasteiger partial charge in [-0.1, -0.05) is 0 Å². The summed E-state index contributed by atoms with van der Waals surface area (Å²) in [6.07, 6.45) is 0.0267. The number of hydrogen-bond acceptors (Lipinski definition) is 25. The molecular weight excluding hydrogens is 991 g/mol. The van der Waals surface area contributed by atoms with E-state index < -0.39 is 17.8 Å². The molecule has 0 aromatic heterocycles. The third-order valence-corrected chi connectivity index (χ3v) is 9.15. The maximum absolute atomic E-state index is 11.7. The number of ether oxygens (including phenoxy) is 21. The second kappa shape index (κ2) is 60.0. The van der Waals surface area contributed by atoms with E-state index in [1.807, 2.05) is 0 Å². The summed E-state index contributed by atoms with van der Waals surface area (Å²) in [6, 6.07) is 0. The minimum absolute atomic E-state index is 0.0536. The average molecular weight is 1080 g/mol. The first-order valence-electron chi connectivity index (χ1n) is 25.8. The second-order valence-electron chi connectivity index (χ2n) is 15.0. The number of nitrogens with zero attached hydrogens (tertiary/aromatic N) is 1. The second-order valence-corrected chi connectivity index (χ2v) is 15.0. The lowest BCUT2D eigenvalue weighted by Gasteiger charge is -2.12. The Bertz CT molecular complexity index is 1170. The number of rotatable bonds is 64. The Morgan fingerprint density at radius 1 is 0.270 bits per heavy atom. The molecule has 1 aliphatic rings. The third-order valence-electron chi connectivity index (χ3n) is 9.15. The Morgan fingerprint density at radius 2 is 0.419 bits per heavy atom. The highest BCUT2D eigenvalue weighted by molar-refractivity contribution is 6.01. The highest BCUT2D eigenvalue weighted by Gasteiger charge is 2.32. The molecular formula is C48H91NO25. The fourth-order valence-corrected chi connectivity index (χ4v) is 5.38. The Kier molecular flexibility index (Phi) is 56.6. The van der Waals surface area contributed by atoms with Crippen LogP contribution in [0.15, 0.2) is 0 Å². The zero-order valence-electron chi connectivity index (χ0n) is 44.3. The van der Waals surface area contributed by atoms with Gasteiger partial charge in [-0.05, 0) is 0 Å². The highest BCUT2D eigenvalue weighted by Crippen LogP contribution is 2.12. The van der Waals surface area contributed by atoms with Crippen LogP contribution >= 0.6 is 0 Å². The van der Waals surface area contributed by atoms with Gasteiger partial charge in [0.2, 0.25) is 0 Å². The number of imide groups is 1. The van der Waals surface area contributed by atoms with E-state index in [2.05, 4.69) is 0 Å². The largest absolute Gasteiger partial charge is 0.382 e. The fraction of sp³-hybridized carbons (Fsp3) is 0.938. The summed E-state index contributed by atoms with van der Waals surface area (Å²) in [5.41, 5.74) is 0. The lowest BCUT2D eigenvalue weighted by molar-refractivity contribution is -0.198. The van der Waals surface area contributed by atoms with Crippen LogP contribution in [0.2, 0.25) is 0 Å². The van der Waals surface area contributed by atoms with Gasteiger partial charge in [0.05, 0.1) is 277 Å². The normalized spacial score (nSPS) is 12.8. The van der Waals surface area contributed by atoms with Gasteiger partial charge in [-0.3, -0.25) is 9.59 Å². The van der Waals surface area contributed by atoms with Crippen molar-refractivity contribution in [1.29, 1.82) is 0 Å². The van der Waals surface area contributed by atoms with Crippen molar-refractivity contribution in [3.8, 4) is 0 Å². The molecule has 0 aromatic rings. The van der Waals surface area contributed by atoms with Crippen molar-refractivity contribution in [2.24, 2.45) is 0 Å². The number of methoxy groups -OCH3 is 1. The molecule has 0 N–H and O–H groups in total. The number of amides is 2. The quantitative estimate of drug-likeness (QED) is 0.0572. The van der Waals surface area contributed by atoms with Crippen LogP contribution in [-0.4, -0.2) is 301 Å². The molecule has 0 saturated carbocycles. The molecule has 1 aliphatic heterocycles. The number of carbonyl (C=O) groups excluding carboxylic acids is 3. The predicted octanol–water partition coefficient (Wildman–Crippen LogP) is -0.0379. The van der Waals surface area contributed by atoms with Crippen molar-refractivity contribution in [2.75, 3.05) is 278 Å². The van der Waals surface area contributed by atoms with Crippen LogP contribution in [0.25, 0.3) is 0 Å². The van der Waals surface area contributed by atoms with Gasteiger partial charge in [-0.2, -0.15) is 0 Å². The van der Waals surface area contributed by atoms with Crippen LogP contribution in [0.5, 0.6) is 0 Å². The summed E-state index contributed by atoms with van der Waals surface area (Å²) >= 11 is 0. The lowest BCUT2D eigenvalue weighted by Crippen LogP contribution is -2.32. The van der Waals surface area contributed by atoms with Crippen LogP contribution in [0.3, 0.4) is 0 Å². The summed E-state index contributed by atoms with van der Waals surface area (Å²) in [5.74, 6) is -1.73. The van der Waals surface area contributed by atoms with Crippen molar-refractivity contribution in [3.63, 3.8) is 0 Å². The third kappa shape index (κ3) is 53.2. The molecule has 0 aliphatic carbocycles. The molecule has 1 saturated heterocycles. The molecule has 1 heterocycles. The molecule has 438 valence electrons. The molecule has 74 heavy (non-hydrogen) atoms. The van der Waals surface area contributed by atoms with E-state index in [4.69, 9.17) is 104 Å². The number of carbonyl (C=O) groups is 3. The van der Waals surface area contributed by atoms with Crippen LogP contribution in [-0.2, 0) is 119 Å². The van der Waals surface area contributed by atoms with Gasteiger partial charge in [-0.25, -0.2) is 4.79 Å². The van der Waals surface area contributed by atoms with Crippen LogP contribution < -0.4 is 0 Å². The minimum atomic E-state index is -0.704. The van der Waals surface area contributed by atoms with E-state index in [0.29, 0.717) is 263 Å². The van der Waals surface area contributed by atoms with E-state index >= 15 is 0 Å². The SMILES string of the molecule is COCCOCCOCCOCCOCCOCCOCCOCCOCCOCCOCCOCCOCCOCCOCCOCCOCCOCCOCCOCCOCCC(=O)ON1C(=O)CCC1=O. The number of hydroxylamine groups is 2. The van der Waals surface area contributed by atoms with Gasteiger partial charge in [-0.15, -0.1) is 5.06 Å². The van der Waals surface area contributed by atoms with Crippen molar-refractivity contribution in [1.82, 2.24) is 5.06 Å². The minimum Gasteiger partial charge on any atom is -0.382 e. The first-order valence-corrected chi connectivity index (χ1v) is 25.8. The monoisotopic (exact) mass is 1080 g/mol. The smallest absolute Gasteiger partial charge is 0.335 e. The van der Waals surface area contributed by atoms with Gasteiger partial charge in [0.25, 0.3) is 11.8 Å².